The molecule has 17 heavy (non-hydrogen) atoms. The predicted molar refractivity (Wildman–Crippen MR) is 64.2 cm³/mol. The molecule has 2 rings (SSSR count). The summed E-state index contributed by atoms with van der Waals surface area (Å²) in [5.74, 6) is 1.36. The molecule has 6 heteroatoms. The first-order valence-electron chi connectivity index (χ1n) is 6.22. The Kier molecular flexibility index (Phi) is 4.33. The first kappa shape index (κ1) is 12.3. The highest BCUT2D eigenvalue weighted by atomic mass is 16.5. The van der Waals surface area contributed by atoms with Gasteiger partial charge < -0.3 is 19.5 Å². The van der Waals surface area contributed by atoms with Gasteiger partial charge in [0.05, 0.1) is 13.2 Å². The van der Waals surface area contributed by atoms with E-state index in [1.807, 2.05) is 0 Å². The summed E-state index contributed by atoms with van der Waals surface area (Å²) >= 11 is 0. The minimum absolute atomic E-state index is 0.286. The monoisotopic (exact) mass is 240 g/mol. The normalized spacial score (nSPS) is 20.5. The summed E-state index contributed by atoms with van der Waals surface area (Å²) < 4.78 is 10.6. The number of rotatable bonds is 5. The molecule has 0 saturated carbocycles. The largest absolute Gasteiger partial charge is 0.378 e. The Morgan fingerprint density at radius 1 is 1.41 bits per heavy atom. The number of hydrogen-bond donors (Lipinski definition) is 1. The number of hydrogen-bond acceptors (Lipinski definition) is 6. The lowest BCUT2D eigenvalue weighted by Gasteiger charge is -2.22. The number of morpholine rings is 1. The van der Waals surface area contributed by atoms with Gasteiger partial charge in [0, 0.05) is 32.1 Å². The van der Waals surface area contributed by atoms with Crippen molar-refractivity contribution in [3.8, 4) is 0 Å². The van der Waals surface area contributed by atoms with E-state index < -0.39 is 0 Å². The number of ether oxygens (including phenoxy) is 1. The van der Waals surface area contributed by atoms with Crippen molar-refractivity contribution < 1.29 is 9.26 Å². The van der Waals surface area contributed by atoms with Crippen LogP contribution >= 0.6 is 0 Å². The van der Waals surface area contributed by atoms with Crippen LogP contribution in [0.15, 0.2) is 4.52 Å². The Balaban J connectivity index is 1.93. The fourth-order valence-corrected chi connectivity index (χ4v) is 1.93. The molecule has 0 aromatic carbocycles. The van der Waals surface area contributed by atoms with E-state index in [4.69, 9.17) is 9.26 Å². The van der Waals surface area contributed by atoms with Crippen LogP contribution in [0.2, 0.25) is 0 Å². The zero-order chi connectivity index (χ0) is 12.1. The van der Waals surface area contributed by atoms with Crippen LogP contribution < -0.4 is 10.2 Å². The summed E-state index contributed by atoms with van der Waals surface area (Å²) in [7, 11) is 0. The third kappa shape index (κ3) is 3.17. The van der Waals surface area contributed by atoms with Crippen LogP contribution in [-0.2, 0) is 11.2 Å². The van der Waals surface area contributed by atoms with E-state index in [9.17, 15) is 0 Å². The molecule has 0 bridgehead atoms. The molecule has 0 spiro atoms. The second-order valence-electron chi connectivity index (χ2n) is 4.09. The van der Waals surface area contributed by atoms with Crippen LogP contribution in [-0.4, -0.2) is 49.0 Å². The Bertz CT molecular complexity index is 332. The zero-order valence-corrected chi connectivity index (χ0v) is 10.5. The lowest BCUT2D eigenvalue weighted by atomic mass is 10.2. The summed E-state index contributed by atoms with van der Waals surface area (Å²) in [6.45, 7) is 8.32. The Hall–Kier alpha value is -1.14. The van der Waals surface area contributed by atoms with E-state index in [0.29, 0.717) is 18.4 Å². The molecular weight excluding hydrogens is 220 g/mol. The highest BCUT2D eigenvalue weighted by Crippen LogP contribution is 2.10. The molecule has 1 fully saturated rings. The first-order chi connectivity index (χ1) is 8.33. The Labute approximate surface area is 101 Å². The average molecular weight is 240 g/mol. The molecule has 1 aliphatic heterocycles. The van der Waals surface area contributed by atoms with E-state index in [1.54, 1.807) is 0 Å². The zero-order valence-electron chi connectivity index (χ0n) is 10.5. The molecule has 6 nitrogen and oxygen atoms in total. The molecule has 1 saturated heterocycles. The second kappa shape index (κ2) is 5.97. The fraction of sp³-hybridized carbons (Fsp3) is 0.818. The third-order valence-corrected chi connectivity index (χ3v) is 2.92. The smallest absolute Gasteiger partial charge is 0.266 e. The van der Waals surface area contributed by atoms with Gasteiger partial charge in [0.15, 0.2) is 0 Å². The second-order valence-corrected chi connectivity index (χ2v) is 4.09. The van der Waals surface area contributed by atoms with Crippen molar-refractivity contribution in [1.29, 1.82) is 0 Å². The number of nitrogens with zero attached hydrogens (tertiary/aromatic N) is 3. The maximum atomic E-state index is 5.39. The summed E-state index contributed by atoms with van der Waals surface area (Å²) in [5.41, 5.74) is 0. The maximum Gasteiger partial charge on any atom is 0.266 e. The van der Waals surface area contributed by atoms with Crippen LogP contribution in [0, 0.1) is 0 Å². The van der Waals surface area contributed by atoms with Crippen LogP contribution in [0.25, 0.3) is 0 Å². The van der Waals surface area contributed by atoms with Crippen molar-refractivity contribution in [3.63, 3.8) is 0 Å². The SMILES string of the molecule is CCN(CC)c1noc(CC2COCCN2)n1. The third-order valence-electron chi connectivity index (χ3n) is 2.92. The number of anilines is 1. The van der Waals surface area contributed by atoms with E-state index in [2.05, 4.69) is 34.2 Å². The Morgan fingerprint density at radius 3 is 2.88 bits per heavy atom. The highest BCUT2D eigenvalue weighted by Gasteiger charge is 2.18. The lowest BCUT2D eigenvalue weighted by molar-refractivity contribution is 0.0744. The summed E-state index contributed by atoms with van der Waals surface area (Å²) in [4.78, 5) is 6.47. The topological polar surface area (TPSA) is 63.4 Å². The molecule has 1 aromatic rings. The molecule has 1 aliphatic rings. The van der Waals surface area contributed by atoms with E-state index >= 15 is 0 Å². The molecule has 1 unspecified atom stereocenters. The standard InChI is InChI=1S/C11H20N4O2/c1-3-15(4-2)11-13-10(17-14-11)7-9-8-16-6-5-12-9/h9,12H,3-8H2,1-2H3. The first-order valence-corrected chi connectivity index (χ1v) is 6.22. The summed E-state index contributed by atoms with van der Waals surface area (Å²) in [5, 5.41) is 7.36. The van der Waals surface area contributed by atoms with Gasteiger partial charge in [-0.1, -0.05) is 0 Å². The van der Waals surface area contributed by atoms with E-state index in [0.717, 1.165) is 32.7 Å². The van der Waals surface area contributed by atoms with Gasteiger partial charge in [0.25, 0.3) is 5.95 Å². The maximum absolute atomic E-state index is 5.39. The van der Waals surface area contributed by atoms with Gasteiger partial charge in [-0.2, -0.15) is 4.98 Å². The minimum Gasteiger partial charge on any atom is -0.378 e. The van der Waals surface area contributed by atoms with Crippen LogP contribution in [0.5, 0.6) is 0 Å². The van der Waals surface area contributed by atoms with Gasteiger partial charge >= 0.3 is 0 Å². The van der Waals surface area contributed by atoms with E-state index in [-0.39, 0.29) is 6.04 Å². The van der Waals surface area contributed by atoms with Gasteiger partial charge in [0.2, 0.25) is 5.89 Å². The molecule has 1 atom stereocenters. The van der Waals surface area contributed by atoms with Gasteiger partial charge in [-0.25, -0.2) is 0 Å². The van der Waals surface area contributed by atoms with Crippen LogP contribution in [0.1, 0.15) is 19.7 Å². The van der Waals surface area contributed by atoms with Crippen molar-refractivity contribution >= 4 is 5.95 Å². The molecular formula is C11H20N4O2. The van der Waals surface area contributed by atoms with Crippen molar-refractivity contribution in [2.75, 3.05) is 37.7 Å². The molecule has 96 valence electrons. The van der Waals surface area contributed by atoms with Crippen molar-refractivity contribution in [3.05, 3.63) is 5.89 Å². The van der Waals surface area contributed by atoms with E-state index in [1.165, 1.54) is 0 Å². The average Bonchev–Trinajstić information content (AvgIpc) is 2.81. The molecule has 0 amide bonds. The molecule has 2 heterocycles. The number of nitrogens with one attached hydrogen (secondary N) is 1. The summed E-state index contributed by atoms with van der Waals surface area (Å²) in [6.07, 6.45) is 0.730. The molecule has 1 N–H and O–H groups in total. The quantitative estimate of drug-likeness (QED) is 0.806. The van der Waals surface area contributed by atoms with Crippen molar-refractivity contribution in [2.24, 2.45) is 0 Å². The molecule has 0 aliphatic carbocycles. The molecule has 0 radical (unpaired) electrons. The van der Waals surface area contributed by atoms with Gasteiger partial charge in [0.1, 0.15) is 0 Å². The van der Waals surface area contributed by atoms with Crippen LogP contribution in [0.3, 0.4) is 0 Å². The lowest BCUT2D eigenvalue weighted by Crippen LogP contribution is -2.42. The van der Waals surface area contributed by atoms with Crippen molar-refractivity contribution in [2.45, 2.75) is 26.3 Å². The number of aromatic nitrogens is 2. The van der Waals surface area contributed by atoms with Gasteiger partial charge in [-0.3, -0.25) is 0 Å². The Morgan fingerprint density at radius 2 is 2.24 bits per heavy atom. The predicted octanol–water partition coefficient (Wildman–Crippen LogP) is 0.447. The summed E-state index contributed by atoms with van der Waals surface area (Å²) in [6, 6.07) is 0.286. The van der Waals surface area contributed by atoms with Gasteiger partial charge in [-0.05, 0) is 19.0 Å². The van der Waals surface area contributed by atoms with Gasteiger partial charge in [-0.15, -0.1) is 0 Å². The highest BCUT2D eigenvalue weighted by molar-refractivity contribution is 5.26. The van der Waals surface area contributed by atoms with Crippen molar-refractivity contribution in [1.82, 2.24) is 15.5 Å². The minimum atomic E-state index is 0.286. The molecule has 1 aromatic heterocycles. The van der Waals surface area contributed by atoms with Crippen LogP contribution in [0.4, 0.5) is 5.95 Å². The fourth-order valence-electron chi connectivity index (χ4n) is 1.93.